The van der Waals surface area contributed by atoms with Crippen LogP contribution >= 0.6 is 0 Å². The molecular formula is C21H24FN7O. The number of aryl methyl sites for hydroxylation is 1. The van der Waals surface area contributed by atoms with Crippen molar-refractivity contribution in [3.05, 3.63) is 59.4 Å². The Hall–Kier alpha value is -3.59. The molecule has 2 aromatic heterocycles. The topological polar surface area (TPSA) is 128 Å². The summed E-state index contributed by atoms with van der Waals surface area (Å²) in [4.78, 5) is 19.1. The van der Waals surface area contributed by atoms with Gasteiger partial charge in [0, 0.05) is 48.8 Å². The van der Waals surface area contributed by atoms with Crippen molar-refractivity contribution in [2.24, 2.45) is 11.5 Å². The van der Waals surface area contributed by atoms with Crippen LogP contribution in [0.25, 0.3) is 11.7 Å². The number of carbonyl (C=O) groups excluding carboxylic acids is 1. The van der Waals surface area contributed by atoms with Crippen molar-refractivity contribution in [3.63, 3.8) is 0 Å². The number of aromatic nitrogens is 2. The van der Waals surface area contributed by atoms with Gasteiger partial charge in [-0.1, -0.05) is 0 Å². The monoisotopic (exact) mass is 409 g/mol. The Balaban J connectivity index is 1.66. The predicted molar refractivity (Wildman–Crippen MR) is 117 cm³/mol. The smallest absolute Gasteiger partial charge is 0.257 e. The number of nitrogens with zero attached hydrogens (tertiary/aromatic N) is 3. The van der Waals surface area contributed by atoms with Crippen molar-refractivity contribution in [2.45, 2.75) is 19.4 Å². The highest BCUT2D eigenvalue weighted by Crippen LogP contribution is 2.32. The molecule has 1 aliphatic heterocycles. The second-order valence-electron chi connectivity index (χ2n) is 7.46. The number of rotatable bonds is 4. The second kappa shape index (κ2) is 7.68. The van der Waals surface area contributed by atoms with Crippen molar-refractivity contribution in [1.29, 1.82) is 0 Å². The number of anilines is 3. The van der Waals surface area contributed by atoms with E-state index in [2.05, 4.69) is 15.2 Å². The molecule has 156 valence electrons. The van der Waals surface area contributed by atoms with E-state index in [1.165, 1.54) is 16.7 Å². The summed E-state index contributed by atoms with van der Waals surface area (Å²) in [6, 6.07) is 4.83. The Morgan fingerprint density at radius 2 is 2.17 bits per heavy atom. The minimum Gasteiger partial charge on any atom is -0.405 e. The highest BCUT2D eigenvalue weighted by atomic mass is 19.1. The van der Waals surface area contributed by atoms with Crippen LogP contribution in [0.5, 0.6) is 0 Å². The third-order valence-corrected chi connectivity index (χ3v) is 5.22. The molecule has 1 unspecified atom stereocenters. The Morgan fingerprint density at radius 3 is 2.87 bits per heavy atom. The maximum atomic E-state index is 14.3. The summed E-state index contributed by atoms with van der Waals surface area (Å²) in [7, 11) is 0. The first kappa shape index (κ1) is 19.7. The number of amides is 1. The fourth-order valence-electron chi connectivity index (χ4n) is 3.82. The van der Waals surface area contributed by atoms with Crippen LogP contribution in [0, 0.1) is 12.7 Å². The van der Waals surface area contributed by atoms with E-state index < -0.39 is 11.7 Å². The van der Waals surface area contributed by atoms with E-state index in [0.29, 0.717) is 29.2 Å². The Bertz CT molecular complexity index is 1150. The number of pyridine rings is 1. The van der Waals surface area contributed by atoms with Crippen molar-refractivity contribution in [2.75, 3.05) is 29.0 Å². The van der Waals surface area contributed by atoms with Gasteiger partial charge in [0.15, 0.2) is 11.5 Å². The van der Waals surface area contributed by atoms with Crippen LogP contribution in [-0.4, -0.2) is 34.4 Å². The van der Waals surface area contributed by atoms with Gasteiger partial charge in [0.1, 0.15) is 0 Å². The van der Waals surface area contributed by atoms with Gasteiger partial charge in [-0.05, 0) is 37.8 Å². The van der Waals surface area contributed by atoms with Gasteiger partial charge in [0.05, 0.1) is 22.6 Å². The molecule has 0 radical (unpaired) electrons. The molecule has 1 aromatic carbocycles. The van der Waals surface area contributed by atoms with Gasteiger partial charge >= 0.3 is 0 Å². The minimum atomic E-state index is -0.527. The van der Waals surface area contributed by atoms with Gasteiger partial charge in [-0.3, -0.25) is 4.79 Å². The molecule has 7 N–H and O–H groups in total. The van der Waals surface area contributed by atoms with Gasteiger partial charge in [-0.25, -0.2) is 9.37 Å². The number of halogens is 1. The summed E-state index contributed by atoms with van der Waals surface area (Å²) in [5.74, 6) is -0.972. The summed E-state index contributed by atoms with van der Waals surface area (Å²) in [6.07, 6.45) is 7.23. The van der Waals surface area contributed by atoms with Crippen LogP contribution < -0.4 is 27.4 Å². The van der Waals surface area contributed by atoms with Crippen molar-refractivity contribution >= 4 is 34.7 Å². The van der Waals surface area contributed by atoms with Gasteiger partial charge in [0.25, 0.3) is 5.91 Å². The average molecular weight is 409 g/mol. The molecule has 8 nitrogen and oxygen atoms in total. The van der Waals surface area contributed by atoms with Crippen molar-refractivity contribution < 1.29 is 9.18 Å². The van der Waals surface area contributed by atoms with E-state index in [1.807, 2.05) is 6.07 Å². The van der Waals surface area contributed by atoms with Gasteiger partial charge in [0.2, 0.25) is 0 Å². The number of imidazole rings is 1. The Labute approximate surface area is 173 Å². The van der Waals surface area contributed by atoms with Gasteiger partial charge in [-0.2, -0.15) is 0 Å². The third kappa shape index (κ3) is 3.55. The van der Waals surface area contributed by atoms with Gasteiger partial charge in [-0.15, -0.1) is 0 Å². The molecule has 3 heterocycles. The highest BCUT2D eigenvalue weighted by Gasteiger charge is 2.24. The molecule has 0 aliphatic carbocycles. The standard InChI is InChI=1S/C21H24FN7O/c1-12-9-29-11-14(8-17(22)20(29)26-12)27-21(30)16-2-3-18(15(4-6-23)19(16)25)28-7-5-13(24)10-28/h2-4,6,8-9,11,13H,5,7,10,23-25H2,1H3,(H,27,30)/b6-4-. The first-order chi connectivity index (χ1) is 14.4. The van der Waals surface area contributed by atoms with E-state index in [-0.39, 0.29) is 17.3 Å². The zero-order chi connectivity index (χ0) is 21.4. The van der Waals surface area contributed by atoms with E-state index in [1.54, 1.807) is 31.5 Å². The fourth-order valence-corrected chi connectivity index (χ4v) is 3.82. The number of benzene rings is 1. The van der Waals surface area contributed by atoms with E-state index >= 15 is 0 Å². The largest absolute Gasteiger partial charge is 0.405 e. The molecule has 0 saturated carbocycles. The van der Waals surface area contributed by atoms with Crippen LogP contribution in [0.15, 0.2) is 36.8 Å². The molecule has 30 heavy (non-hydrogen) atoms. The van der Waals surface area contributed by atoms with Crippen LogP contribution in [0.1, 0.15) is 28.0 Å². The zero-order valence-corrected chi connectivity index (χ0v) is 16.6. The van der Waals surface area contributed by atoms with Crippen LogP contribution in [0.2, 0.25) is 0 Å². The number of nitrogens with one attached hydrogen (secondary N) is 1. The molecule has 1 aliphatic rings. The van der Waals surface area contributed by atoms with Crippen molar-refractivity contribution in [1.82, 2.24) is 9.38 Å². The van der Waals surface area contributed by atoms with Crippen LogP contribution in [0.3, 0.4) is 0 Å². The summed E-state index contributed by atoms with van der Waals surface area (Å²) in [5, 5.41) is 2.71. The summed E-state index contributed by atoms with van der Waals surface area (Å²) in [5.41, 5.74) is 21.3. The number of hydrogen-bond donors (Lipinski definition) is 4. The van der Waals surface area contributed by atoms with E-state index in [9.17, 15) is 9.18 Å². The summed E-state index contributed by atoms with van der Waals surface area (Å²) < 4.78 is 15.8. The number of nitrogens with two attached hydrogens (primary N) is 3. The quantitative estimate of drug-likeness (QED) is 0.489. The number of fused-ring (bicyclic) bond motifs is 1. The summed E-state index contributed by atoms with van der Waals surface area (Å²) >= 11 is 0. The lowest BCUT2D eigenvalue weighted by Crippen LogP contribution is -2.27. The van der Waals surface area contributed by atoms with Crippen LogP contribution in [0.4, 0.5) is 21.5 Å². The van der Waals surface area contributed by atoms with E-state index in [4.69, 9.17) is 17.2 Å². The molecular weight excluding hydrogens is 385 g/mol. The zero-order valence-electron chi connectivity index (χ0n) is 16.6. The van der Waals surface area contributed by atoms with Gasteiger partial charge < -0.3 is 31.8 Å². The first-order valence-electron chi connectivity index (χ1n) is 9.65. The van der Waals surface area contributed by atoms with Crippen molar-refractivity contribution in [3.8, 4) is 0 Å². The molecule has 0 spiro atoms. The SMILES string of the molecule is Cc1cn2cc(NC(=O)c3ccc(N4CCC(N)C4)c(/C=C\N)c3N)cc(F)c2n1. The first-order valence-corrected chi connectivity index (χ1v) is 9.65. The molecule has 1 atom stereocenters. The molecule has 9 heteroatoms. The molecule has 3 aromatic rings. The summed E-state index contributed by atoms with van der Waals surface area (Å²) in [6.45, 7) is 3.29. The molecule has 1 saturated heterocycles. The number of nitrogen functional groups attached to an aromatic ring is 1. The fraction of sp³-hybridized carbons (Fsp3) is 0.238. The third-order valence-electron chi connectivity index (χ3n) is 5.22. The molecule has 0 bridgehead atoms. The number of hydrogen-bond acceptors (Lipinski definition) is 6. The van der Waals surface area contributed by atoms with E-state index in [0.717, 1.165) is 18.7 Å². The molecule has 4 rings (SSSR count). The average Bonchev–Trinajstić information content (AvgIpc) is 3.28. The lowest BCUT2D eigenvalue weighted by Gasteiger charge is -2.23. The lowest BCUT2D eigenvalue weighted by atomic mass is 10.0. The normalized spacial score (nSPS) is 16.6. The minimum absolute atomic E-state index is 0.0977. The Kier molecular flexibility index (Phi) is 5.04. The Morgan fingerprint density at radius 1 is 1.37 bits per heavy atom. The maximum absolute atomic E-state index is 14.3. The molecule has 1 fully saturated rings. The predicted octanol–water partition coefficient (Wildman–Crippen LogP) is 2.08. The lowest BCUT2D eigenvalue weighted by molar-refractivity contribution is 0.102. The molecule has 1 amide bonds. The number of carbonyl (C=O) groups is 1. The maximum Gasteiger partial charge on any atom is 0.257 e. The second-order valence-corrected chi connectivity index (χ2v) is 7.46. The van der Waals surface area contributed by atoms with Crippen LogP contribution in [-0.2, 0) is 0 Å². The highest BCUT2D eigenvalue weighted by molar-refractivity contribution is 6.09.